The van der Waals surface area contributed by atoms with Crippen LogP contribution in [0.1, 0.15) is 89.9 Å². The molecular weight excluding hydrogens is 260 g/mol. The van der Waals surface area contributed by atoms with Crippen LogP contribution in [0.5, 0.6) is 0 Å². The van der Waals surface area contributed by atoms with E-state index in [1.54, 1.807) is 0 Å². The molecule has 0 radical (unpaired) electrons. The summed E-state index contributed by atoms with van der Waals surface area (Å²) >= 11 is 0. The zero-order valence-electron chi connectivity index (χ0n) is 13.8. The second-order valence-corrected chi connectivity index (χ2v) is 6.69. The molecule has 2 nitrogen and oxygen atoms in total. The molecule has 0 saturated carbocycles. The van der Waals surface area contributed by atoms with Crippen LogP contribution in [0.25, 0.3) is 0 Å². The SMILES string of the molecule is C1=C\CCCCCCCC2(CCCCCCC/1)OCCO2. The lowest BCUT2D eigenvalue weighted by Gasteiger charge is -2.27. The van der Waals surface area contributed by atoms with Crippen LogP contribution >= 0.6 is 0 Å². The van der Waals surface area contributed by atoms with Crippen molar-refractivity contribution >= 4 is 0 Å². The third-order valence-corrected chi connectivity index (χ3v) is 4.84. The average molecular weight is 294 g/mol. The molecule has 1 saturated heterocycles. The van der Waals surface area contributed by atoms with Crippen molar-refractivity contribution in [2.24, 2.45) is 0 Å². The molecule has 1 fully saturated rings. The van der Waals surface area contributed by atoms with Crippen molar-refractivity contribution < 1.29 is 9.47 Å². The Labute approximate surface area is 131 Å². The zero-order chi connectivity index (χ0) is 14.6. The molecule has 2 rings (SSSR count). The molecule has 0 bridgehead atoms. The predicted octanol–water partition coefficient (Wildman–Crippen LogP) is 5.76. The number of allylic oxidation sites excluding steroid dienone is 2. The highest BCUT2D eigenvalue weighted by Crippen LogP contribution is 2.32. The molecule has 1 aliphatic heterocycles. The molecule has 0 amide bonds. The van der Waals surface area contributed by atoms with Gasteiger partial charge in [0.1, 0.15) is 0 Å². The number of hydrogen-bond donors (Lipinski definition) is 0. The van der Waals surface area contributed by atoms with Crippen molar-refractivity contribution in [2.45, 2.75) is 95.7 Å². The summed E-state index contributed by atoms with van der Waals surface area (Å²) < 4.78 is 11.9. The van der Waals surface area contributed by atoms with Gasteiger partial charge in [0.05, 0.1) is 13.2 Å². The lowest BCUT2D eigenvalue weighted by Crippen LogP contribution is -2.30. The maximum absolute atomic E-state index is 5.97. The number of rotatable bonds is 0. The van der Waals surface area contributed by atoms with E-state index in [1.807, 2.05) is 0 Å². The topological polar surface area (TPSA) is 18.5 Å². The Morgan fingerprint density at radius 2 is 0.952 bits per heavy atom. The van der Waals surface area contributed by atoms with Gasteiger partial charge in [-0.1, -0.05) is 50.7 Å². The average Bonchev–Trinajstić information content (AvgIpc) is 2.95. The minimum Gasteiger partial charge on any atom is -0.348 e. The lowest BCUT2D eigenvalue weighted by atomic mass is 9.99. The minimum absolute atomic E-state index is 0.213. The van der Waals surface area contributed by atoms with Crippen LogP contribution in [0.3, 0.4) is 0 Å². The summed E-state index contributed by atoms with van der Waals surface area (Å²) in [7, 11) is 0. The van der Waals surface area contributed by atoms with Gasteiger partial charge in [0.15, 0.2) is 5.79 Å². The van der Waals surface area contributed by atoms with E-state index in [9.17, 15) is 0 Å². The summed E-state index contributed by atoms with van der Waals surface area (Å²) in [4.78, 5) is 0. The van der Waals surface area contributed by atoms with Gasteiger partial charge in [-0.05, 0) is 38.5 Å². The molecule has 1 heterocycles. The summed E-state index contributed by atoms with van der Waals surface area (Å²) in [5.74, 6) is -0.213. The molecule has 1 aliphatic carbocycles. The first kappa shape index (κ1) is 17.0. The van der Waals surface area contributed by atoms with E-state index in [2.05, 4.69) is 12.2 Å². The van der Waals surface area contributed by atoms with Crippen LogP contribution in [0.2, 0.25) is 0 Å². The van der Waals surface area contributed by atoms with E-state index in [-0.39, 0.29) is 5.79 Å². The van der Waals surface area contributed by atoms with Gasteiger partial charge >= 0.3 is 0 Å². The highest BCUT2D eigenvalue weighted by molar-refractivity contribution is 4.81. The molecule has 0 N–H and O–H groups in total. The molecule has 2 aliphatic rings. The van der Waals surface area contributed by atoms with Crippen LogP contribution in [-0.2, 0) is 9.47 Å². The molecule has 2 heteroatoms. The summed E-state index contributed by atoms with van der Waals surface area (Å²) in [6, 6.07) is 0. The van der Waals surface area contributed by atoms with E-state index in [4.69, 9.17) is 9.47 Å². The van der Waals surface area contributed by atoms with Gasteiger partial charge in [-0.3, -0.25) is 0 Å². The van der Waals surface area contributed by atoms with Crippen LogP contribution in [-0.4, -0.2) is 19.0 Å². The molecule has 21 heavy (non-hydrogen) atoms. The lowest BCUT2D eigenvalue weighted by molar-refractivity contribution is -0.168. The van der Waals surface area contributed by atoms with Gasteiger partial charge in [0, 0.05) is 12.8 Å². The van der Waals surface area contributed by atoms with Crippen molar-refractivity contribution in [1.29, 1.82) is 0 Å². The number of hydrogen-bond acceptors (Lipinski definition) is 2. The van der Waals surface area contributed by atoms with Crippen LogP contribution < -0.4 is 0 Å². The van der Waals surface area contributed by atoms with Gasteiger partial charge < -0.3 is 9.47 Å². The molecule has 0 aromatic rings. The van der Waals surface area contributed by atoms with E-state index in [0.29, 0.717) is 0 Å². The summed E-state index contributed by atoms with van der Waals surface area (Å²) in [6.45, 7) is 1.59. The Morgan fingerprint density at radius 3 is 1.48 bits per heavy atom. The predicted molar refractivity (Wildman–Crippen MR) is 88.4 cm³/mol. The highest BCUT2D eigenvalue weighted by Gasteiger charge is 2.34. The fourth-order valence-corrected chi connectivity index (χ4v) is 3.52. The molecular formula is C19H34O2. The Kier molecular flexibility index (Phi) is 8.43. The highest BCUT2D eigenvalue weighted by atomic mass is 16.7. The monoisotopic (exact) mass is 294 g/mol. The molecule has 0 atom stereocenters. The van der Waals surface area contributed by atoms with E-state index < -0.39 is 0 Å². The Bertz CT molecular complexity index is 257. The fraction of sp³-hybridized carbons (Fsp3) is 0.895. The van der Waals surface area contributed by atoms with Crippen molar-refractivity contribution in [2.75, 3.05) is 13.2 Å². The third kappa shape index (κ3) is 6.97. The fourth-order valence-electron chi connectivity index (χ4n) is 3.52. The second-order valence-electron chi connectivity index (χ2n) is 6.69. The molecule has 0 aromatic heterocycles. The maximum atomic E-state index is 5.97. The quantitative estimate of drug-likeness (QED) is 0.529. The molecule has 122 valence electrons. The standard InChI is InChI=1S/C19H34O2/c1-2-4-6-8-10-12-14-16-19(20-17-18-21-19)15-13-11-9-7-5-3-1/h1-2H,3-18H2/b2-1-. The maximum Gasteiger partial charge on any atom is 0.168 e. The zero-order valence-corrected chi connectivity index (χ0v) is 13.8. The van der Waals surface area contributed by atoms with Gasteiger partial charge in [0.2, 0.25) is 0 Å². The largest absolute Gasteiger partial charge is 0.348 e. The van der Waals surface area contributed by atoms with Crippen LogP contribution in [0, 0.1) is 0 Å². The first-order valence-corrected chi connectivity index (χ1v) is 9.34. The van der Waals surface area contributed by atoms with Crippen LogP contribution in [0.15, 0.2) is 12.2 Å². The van der Waals surface area contributed by atoms with Crippen molar-refractivity contribution in [3.05, 3.63) is 12.2 Å². The van der Waals surface area contributed by atoms with Gasteiger partial charge in [-0.2, -0.15) is 0 Å². The summed E-state index contributed by atoms with van der Waals surface area (Å²) in [6.07, 6.45) is 22.9. The second kappa shape index (κ2) is 10.4. The van der Waals surface area contributed by atoms with Crippen molar-refractivity contribution in [3.63, 3.8) is 0 Å². The summed E-state index contributed by atoms with van der Waals surface area (Å²) in [5.41, 5.74) is 0. The Hall–Kier alpha value is -0.340. The Balaban J connectivity index is 1.74. The van der Waals surface area contributed by atoms with E-state index >= 15 is 0 Å². The van der Waals surface area contributed by atoms with Gasteiger partial charge in [-0.15, -0.1) is 0 Å². The third-order valence-electron chi connectivity index (χ3n) is 4.84. The first-order valence-electron chi connectivity index (χ1n) is 9.34. The molecule has 0 aromatic carbocycles. The minimum atomic E-state index is -0.213. The van der Waals surface area contributed by atoms with E-state index in [1.165, 1.54) is 77.0 Å². The molecule has 0 unspecified atom stereocenters. The first-order chi connectivity index (χ1) is 10.4. The molecule has 1 spiro atoms. The van der Waals surface area contributed by atoms with Crippen molar-refractivity contribution in [3.8, 4) is 0 Å². The van der Waals surface area contributed by atoms with E-state index in [0.717, 1.165) is 26.1 Å². The van der Waals surface area contributed by atoms with Gasteiger partial charge in [0.25, 0.3) is 0 Å². The number of ether oxygens (including phenoxy) is 2. The summed E-state index contributed by atoms with van der Waals surface area (Å²) in [5, 5.41) is 0. The smallest absolute Gasteiger partial charge is 0.168 e. The van der Waals surface area contributed by atoms with Gasteiger partial charge in [-0.25, -0.2) is 0 Å². The normalized spacial score (nSPS) is 28.2. The van der Waals surface area contributed by atoms with Crippen molar-refractivity contribution in [1.82, 2.24) is 0 Å². The Morgan fingerprint density at radius 1 is 0.524 bits per heavy atom. The van der Waals surface area contributed by atoms with Crippen LogP contribution in [0.4, 0.5) is 0 Å².